The summed E-state index contributed by atoms with van der Waals surface area (Å²) < 4.78 is 17.1. The minimum absolute atomic E-state index is 0.643. The summed E-state index contributed by atoms with van der Waals surface area (Å²) >= 11 is 0. The normalized spacial score (nSPS) is 12.6. The van der Waals surface area contributed by atoms with Crippen LogP contribution in [0.3, 0.4) is 0 Å². The van der Waals surface area contributed by atoms with E-state index < -0.39 is 10.8 Å². The highest BCUT2D eigenvalue weighted by molar-refractivity contribution is 7.85. The lowest BCUT2D eigenvalue weighted by molar-refractivity contribution is 0.526. The van der Waals surface area contributed by atoms with Gasteiger partial charge in [0.05, 0.1) is 22.0 Å². The molecule has 84 valence electrons. The summed E-state index contributed by atoms with van der Waals surface area (Å²) in [6, 6.07) is 11.9. The second-order valence-electron chi connectivity index (χ2n) is 3.63. The third-order valence-corrected chi connectivity index (χ3v) is 3.96. The lowest BCUT2D eigenvalue weighted by Crippen LogP contribution is -2.01. The van der Waals surface area contributed by atoms with Crippen molar-refractivity contribution in [2.45, 2.75) is 18.2 Å². The maximum atomic E-state index is 12.0. The van der Waals surface area contributed by atoms with Gasteiger partial charge in [0.2, 0.25) is 0 Å². The highest BCUT2D eigenvalue weighted by atomic mass is 32.2. The van der Waals surface area contributed by atoms with Crippen LogP contribution in [0.15, 0.2) is 52.0 Å². The molecule has 0 saturated heterocycles. The van der Waals surface area contributed by atoms with E-state index in [1.807, 2.05) is 25.1 Å². The Balaban J connectivity index is 1.97. The Morgan fingerprint density at radius 1 is 1.19 bits per heavy atom. The van der Waals surface area contributed by atoms with Gasteiger partial charge in [-0.1, -0.05) is 30.3 Å². The zero-order valence-corrected chi connectivity index (χ0v) is 10.00. The Kier molecular flexibility index (Phi) is 3.57. The van der Waals surface area contributed by atoms with Crippen LogP contribution in [-0.4, -0.2) is 9.96 Å². The quantitative estimate of drug-likeness (QED) is 0.814. The molecule has 0 bridgehead atoms. The molecule has 16 heavy (non-hydrogen) atoms. The van der Waals surface area contributed by atoms with Crippen LogP contribution in [0.4, 0.5) is 0 Å². The van der Waals surface area contributed by atoms with E-state index in [9.17, 15) is 4.21 Å². The van der Waals surface area contributed by atoms with E-state index in [1.54, 1.807) is 12.3 Å². The first-order valence-corrected chi connectivity index (χ1v) is 6.55. The number of hydrogen-bond donors (Lipinski definition) is 0. The predicted octanol–water partition coefficient (Wildman–Crippen LogP) is 2.94. The van der Waals surface area contributed by atoms with E-state index in [0.717, 1.165) is 17.1 Å². The average Bonchev–Trinajstić information content (AvgIpc) is 2.74. The monoisotopic (exact) mass is 234 g/mol. The molecule has 0 amide bonds. The molecule has 2 rings (SSSR count). The second kappa shape index (κ2) is 5.12. The summed E-state index contributed by atoms with van der Waals surface area (Å²) in [5, 5.41) is 0. The van der Waals surface area contributed by atoms with Crippen molar-refractivity contribution in [2.24, 2.45) is 0 Å². The lowest BCUT2D eigenvalue weighted by Gasteiger charge is -2.01. The fourth-order valence-electron chi connectivity index (χ4n) is 1.57. The molecule has 0 unspecified atom stereocenters. The van der Waals surface area contributed by atoms with Crippen LogP contribution in [0, 0.1) is 6.92 Å². The van der Waals surface area contributed by atoms with E-state index in [1.165, 1.54) is 5.56 Å². The van der Waals surface area contributed by atoms with Gasteiger partial charge in [0.15, 0.2) is 0 Å². The summed E-state index contributed by atoms with van der Waals surface area (Å²) in [7, 11) is -0.958. The zero-order chi connectivity index (χ0) is 11.4. The fraction of sp³-hybridized carbons (Fsp3) is 0.231. The topological polar surface area (TPSA) is 30.2 Å². The number of hydrogen-bond acceptors (Lipinski definition) is 2. The van der Waals surface area contributed by atoms with Gasteiger partial charge in [0.1, 0.15) is 5.76 Å². The van der Waals surface area contributed by atoms with Gasteiger partial charge in [-0.2, -0.15) is 0 Å². The van der Waals surface area contributed by atoms with Crippen molar-refractivity contribution in [2.75, 3.05) is 5.75 Å². The molecule has 0 radical (unpaired) electrons. The third kappa shape index (κ3) is 2.61. The van der Waals surface area contributed by atoms with E-state index in [0.29, 0.717) is 5.75 Å². The van der Waals surface area contributed by atoms with Crippen molar-refractivity contribution in [3.63, 3.8) is 0 Å². The minimum Gasteiger partial charge on any atom is -0.468 e. The molecular weight excluding hydrogens is 220 g/mol. The predicted molar refractivity (Wildman–Crippen MR) is 64.9 cm³/mol. The molecule has 2 nitrogen and oxygen atoms in total. The minimum atomic E-state index is -0.958. The molecule has 2 aromatic rings. The molecule has 0 N–H and O–H groups in total. The van der Waals surface area contributed by atoms with E-state index in [2.05, 4.69) is 12.1 Å². The first-order valence-electron chi connectivity index (χ1n) is 5.24. The van der Waals surface area contributed by atoms with Gasteiger partial charge in [-0.3, -0.25) is 4.21 Å². The maximum Gasteiger partial charge on any atom is 0.116 e. The van der Waals surface area contributed by atoms with E-state index in [-0.39, 0.29) is 0 Å². The third-order valence-electron chi connectivity index (χ3n) is 2.48. The summed E-state index contributed by atoms with van der Waals surface area (Å²) in [5.41, 5.74) is 1.22. The summed E-state index contributed by atoms with van der Waals surface area (Å²) in [4.78, 5) is 0.816. The molecule has 0 aliphatic rings. The Bertz CT molecular complexity index is 474. The van der Waals surface area contributed by atoms with Gasteiger partial charge < -0.3 is 4.42 Å². The van der Waals surface area contributed by atoms with Gasteiger partial charge in [-0.25, -0.2) is 0 Å². The number of benzene rings is 1. The van der Waals surface area contributed by atoms with E-state index in [4.69, 9.17) is 4.42 Å². The van der Waals surface area contributed by atoms with Gasteiger partial charge >= 0.3 is 0 Å². The van der Waals surface area contributed by atoms with Crippen molar-refractivity contribution < 1.29 is 8.63 Å². The van der Waals surface area contributed by atoms with Gasteiger partial charge in [-0.05, 0) is 25.0 Å². The Labute approximate surface area is 97.8 Å². The Morgan fingerprint density at radius 3 is 2.56 bits per heavy atom. The Morgan fingerprint density at radius 2 is 1.94 bits per heavy atom. The number of rotatable bonds is 4. The number of furan rings is 1. The summed E-state index contributed by atoms with van der Waals surface area (Å²) in [5.74, 6) is 1.40. The highest BCUT2D eigenvalue weighted by Gasteiger charge is 2.09. The van der Waals surface area contributed by atoms with E-state index >= 15 is 0 Å². The maximum absolute atomic E-state index is 12.0. The lowest BCUT2D eigenvalue weighted by atomic mass is 10.2. The molecule has 0 aliphatic carbocycles. The SMILES string of the molecule is Cc1occc1[S@@](=O)CCc1ccccc1. The van der Waals surface area contributed by atoms with Gasteiger partial charge in [-0.15, -0.1) is 0 Å². The standard InChI is InChI=1S/C13H14O2S/c1-11-13(7-9-15-11)16(14)10-8-12-5-3-2-4-6-12/h2-7,9H,8,10H2,1H3/t16-/m0/s1. The smallest absolute Gasteiger partial charge is 0.116 e. The van der Waals surface area contributed by atoms with Crippen LogP contribution in [0.1, 0.15) is 11.3 Å². The molecular formula is C13H14O2S. The van der Waals surface area contributed by atoms with Crippen LogP contribution in [-0.2, 0) is 17.2 Å². The molecule has 0 aliphatic heterocycles. The summed E-state index contributed by atoms with van der Waals surface area (Å²) in [6.07, 6.45) is 2.42. The largest absolute Gasteiger partial charge is 0.468 e. The van der Waals surface area contributed by atoms with Crippen molar-refractivity contribution in [1.29, 1.82) is 0 Å². The van der Waals surface area contributed by atoms with Crippen molar-refractivity contribution >= 4 is 10.8 Å². The fourth-order valence-corrected chi connectivity index (χ4v) is 2.79. The molecule has 0 spiro atoms. The zero-order valence-electron chi connectivity index (χ0n) is 9.18. The first-order chi connectivity index (χ1) is 7.77. The van der Waals surface area contributed by atoms with Crippen LogP contribution in [0.5, 0.6) is 0 Å². The van der Waals surface area contributed by atoms with Gasteiger partial charge in [0.25, 0.3) is 0 Å². The van der Waals surface area contributed by atoms with Crippen LogP contribution in [0.25, 0.3) is 0 Å². The molecule has 1 aromatic carbocycles. The van der Waals surface area contributed by atoms with Crippen LogP contribution >= 0.6 is 0 Å². The Hall–Kier alpha value is -1.35. The molecule has 1 atom stereocenters. The first kappa shape index (κ1) is 11.1. The molecule has 3 heteroatoms. The average molecular weight is 234 g/mol. The molecule has 1 aromatic heterocycles. The summed E-state index contributed by atoms with van der Waals surface area (Å²) in [6.45, 7) is 1.84. The van der Waals surface area contributed by atoms with Crippen LogP contribution < -0.4 is 0 Å². The van der Waals surface area contributed by atoms with Crippen molar-refractivity contribution in [3.05, 3.63) is 54.0 Å². The van der Waals surface area contributed by atoms with Crippen LogP contribution in [0.2, 0.25) is 0 Å². The molecule has 1 heterocycles. The highest BCUT2D eigenvalue weighted by Crippen LogP contribution is 2.14. The molecule has 0 fully saturated rings. The van der Waals surface area contributed by atoms with Crippen molar-refractivity contribution in [3.8, 4) is 0 Å². The number of aryl methyl sites for hydroxylation is 2. The van der Waals surface area contributed by atoms with Gasteiger partial charge in [0, 0.05) is 5.75 Å². The van der Waals surface area contributed by atoms with Crippen molar-refractivity contribution in [1.82, 2.24) is 0 Å². The second-order valence-corrected chi connectivity index (χ2v) is 5.17. The molecule has 0 saturated carbocycles.